The second-order valence-electron chi connectivity index (χ2n) is 4.10. The third-order valence-corrected chi connectivity index (χ3v) is 7.40. The van der Waals surface area contributed by atoms with E-state index in [1.54, 1.807) is 6.07 Å². The number of halogens is 2. The Hall–Kier alpha value is 0.490. The fraction of sp³-hybridized carbons (Fsp3) is 0.600. The Bertz CT molecular complexity index is 545. The Labute approximate surface area is 133 Å². The summed E-state index contributed by atoms with van der Waals surface area (Å²) in [6, 6.07) is 1.63. The highest BCUT2D eigenvalue weighted by Gasteiger charge is 2.32. The van der Waals surface area contributed by atoms with E-state index < -0.39 is 10.0 Å². The van der Waals surface area contributed by atoms with E-state index in [0.29, 0.717) is 34.9 Å². The quantitative estimate of drug-likeness (QED) is 0.787. The molecule has 1 aromatic heterocycles. The van der Waals surface area contributed by atoms with Crippen LogP contribution in [0.25, 0.3) is 0 Å². The zero-order chi connectivity index (χ0) is 14.0. The Morgan fingerprint density at radius 1 is 1.58 bits per heavy atom. The first-order valence-corrected chi connectivity index (χ1v) is 9.50. The van der Waals surface area contributed by atoms with Crippen molar-refractivity contribution in [3.05, 3.63) is 13.6 Å². The molecule has 0 amide bonds. The van der Waals surface area contributed by atoms with Gasteiger partial charge in [-0.25, -0.2) is 8.42 Å². The molecule has 2 heterocycles. The molecular formula is C10H14Br2N2O3S2. The normalized spacial score (nSPS) is 21.7. The minimum Gasteiger partial charge on any atom is -0.374 e. The number of morpholine rings is 1. The fourth-order valence-corrected chi connectivity index (χ4v) is 7.12. The summed E-state index contributed by atoms with van der Waals surface area (Å²) >= 11 is 7.97. The highest BCUT2D eigenvalue weighted by Crippen LogP contribution is 2.36. The summed E-state index contributed by atoms with van der Waals surface area (Å²) in [5.41, 5.74) is 0. The maximum atomic E-state index is 12.6. The predicted molar refractivity (Wildman–Crippen MR) is 82.1 cm³/mol. The van der Waals surface area contributed by atoms with E-state index >= 15 is 0 Å². The predicted octanol–water partition coefficient (Wildman–Crippen LogP) is 1.88. The van der Waals surface area contributed by atoms with E-state index in [9.17, 15) is 8.42 Å². The Morgan fingerprint density at radius 3 is 2.89 bits per heavy atom. The van der Waals surface area contributed by atoms with Crippen LogP contribution in [0, 0.1) is 0 Å². The summed E-state index contributed by atoms with van der Waals surface area (Å²) < 4.78 is 33.6. The van der Waals surface area contributed by atoms with Gasteiger partial charge >= 0.3 is 0 Å². The molecule has 0 bridgehead atoms. The van der Waals surface area contributed by atoms with Gasteiger partial charge in [-0.1, -0.05) is 0 Å². The Kier molecular flexibility index (Phi) is 5.43. The summed E-state index contributed by atoms with van der Waals surface area (Å²) in [6.45, 7) is 1.83. The van der Waals surface area contributed by atoms with Crippen molar-refractivity contribution in [3.8, 4) is 0 Å². The number of hydrogen-bond donors (Lipinski definition) is 1. The molecule has 0 radical (unpaired) electrons. The number of sulfonamides is 1. The van der Waals surface area contributed by atoms with Crippen LogP contribution < -0.4 is 5.32 Å². The van der Waals surface area contributed by atoms with Crippen LogP contribution in [0.15, 0.2) is 18.5 Å². The van der Waals surface area contributed by atoms with E-state index in [0.717, 1.165) is 3.79 Å². The average Bonchev–Trinajstić information content (AvgIpc) is 2.70. The lowest BCUT2D eigenvalue weighted by atomic mass is 10.3. The maximum absolute atomic E-state index is 12.6. The third kappa shape index (κ3) is 3.58. The zero-order valence-electron chi connectivity index (χ0n) is 10.2. The first-order chi connectivity index (χ1) is 8.95. The summed E-state index contributed by atoms with van der Waals surface area (Å²) in [5.74, 6) is 0. The first-order valence-electron chi connectivity index (χ1n) is 5.66. The van der Waals surface area contributed by atoms with Crippen molar-refractivity contribution in [2.45, 2.75) is 11.0 Å². The molecule has 1 aliphatic heterocycles. The van der Waals surface area contributed by atoms with Gasteiger partial charge in [-0.2, -0.15) is 4.31 Å². The summed E-state index contributed by atoms with van der Waals surface area (Å²) in [4.78, 5) is 0.314. The van der Waals surface area contributed by atoms with Crippen LogP contribution in [-0.2, 0) is 14.8 Å². The lowest BCUT2D eigenvalue weighted by Gasteiger charge is -2.31. The minimum atomic E-state index is -3.46. The van der Waals surface area contributed by atoms with E-state index in [1.807, 2.05) is 7.05 Å². The van der Waals surface area contributed by atoms with Gasteiger partial charge in [0.15, 0.2) is 0 Å². The summed E-state index contributed by atoms with van der Waals surface area (Å²) in [6.07, 6.45) is -0.102. The average molecular weight is 434 g/mol. The minimum absolute atomic E-state index is 0.102. The zero-order valence-corrected chi connectivity index (χ0v) is 15.0. The Balaban J connectivity index is 2.22. The van der Waals surface area contributed by atoms with Gasteiger partial charge in [0.2, 0.25) is 10.0 Å². The van der Waals surface area contributed by atoms with Crippen LogP contribution in [0.4, 0.5) is 0 Å². The van der Waals surface area contributed by atoms with Gasteiger partial charge in [-0.15, -0.1) is 11.3 Å². The van der Waals surface area contributed by atoms with Gasteiger partial charge in [-0.3, -0.25) is 0 Å². The van der Waals surface area contributed by atoms with Gasteiger partial charge in [0, 0.05) is 19.6 Å². The summed E-state index contributed by atoms with van der Waals surface area (Å²) in [5, 5.41) is 3.00. The smallest absolute Gasteiger partial charge is 0.245 e. The standard InChI is InChI=1S/C10H14Br2N2O3S2/c1-13-5-7-6-14(2-3-17-7)19(15,16)8-4-9(11)18-10(8)12/h4,7,13H,2-3,5-6H2,1H3. The molecule has 0 saturated carbocycles. The molecule has 1 unspecified atom stereocenters. The van der Waals surface area contributed by atoms with Crippen molar-refractivity contribution in [2.24, 2.45) is 0 Å². The highest BCUT2D eigenvalue weighted by atomic mass is 79.9. The topological polar surface area (TPSA) is 58.6 Å². The number of nitrogens with one attached hydrogen (secondary N) is 1. The SMILES string of the molecule is CNCC1CN(S(=O)(=O)c2cc(Br)sc2Br)CCO1. The van der Waals surface area contributed by atoms with Gasteiger partial charge in [0.05, 0.1) is 20.3 Å². The molecule has 0 aliphatic carbocycles. The molecule has 1 aromatic rings. The van der Waals surface area contributed by atoms with Crippen molar-refractivity contribution in [2.75, 3.05) is 33.3 Å². The van der Waals surface area contributed by atoms with Gasteiger partial charge in [-0.05, 0) is 45.0 Å². The van der Waals surface area contributed by atoms with E-state index in [-0.39, 0.29) is 6.10 Å². The number of likely N-dealkylation sites (N-methyl/N-ethyl adjacent to an activating group) is 1. The maximum Gasteiger partial charge on any atom is 0.245 e. The third-order valence-electron chi connectivity index (χ3n) is 2.78. The van der Waals surface area contributed by atoms with Crippen LogP contribution in [0.3, 0.4) is 0 Å². The highest BCUT2D eigenvalue weighted by molar-refractivity contribution is 9.12. The molecule has 1 N–H and O–H groups in total. The van der Waals surface area contributed by atoms with E-state index in [4.69, 9.17) is 4.74 Å². The molecule has 0 spiro atoms. The monoisotopic (exact) mass is 432 g/mol. The Morgan fingerprint density at radius 2 is 2.32 bits per heavy atom. The number of hydrogen-bond acceptors (Lipinski definition) is 5. The number of ether oxygens (including phenoxy) is 1. The van der Waals surface area contributed by atoms with Crippen molar-refractivity contribution in [1.29, 1.82) is 0 Å². The molecule has 2 rings (SSSR count). The second-order valence-corrected chi connectivity index (χ2v) is 9.76. The van der Waals surface area contributed by atoms with Crippen molar-refractivity contribution in [3.63, 3.8) is 0 Å². The number of nitrogens with zero attached hydrogens (tertiary/aromatic N) is 1. The molecule has 1 aliphatic rings. The molecule has 1 saturated heterocycles. The lowest BCUT2D eigenvalue weighted by molar-refractivity contribution is 0.000820. The molecule has 19 heavy (non-hydrogen) atoms. The first kappa shape index (κ1) is 15.9. The van der Waals surface area contributed by atoms with Crippen LogP contribution in [0.2, 0.25) is 0 Å². The molecular weight excluding hydrogens is 420 g/mol. The van der Waals surface area contributed by atoms with Crippen molar-refractivity contribution >= 4 is 53.2 Å². The molecule has 9 heteroatoms. The molecule has 0 aromatic carbocycles. The molecule has 1 atom stereocenters. The molecule has 1 fully saturated rings. The number of thiophene rings is 1. The fourth-order valence-electron chi connectivity index (χ4n) is 1.90. The number of rotatable bonds is 4. The largest absolute Gasteiger partial charge is 0.374 e. The van der Waals surface area contributed by atoms with Crippen LogP contribution in [0.1, 0.15) is 0 Å². The van der Waals surface area contributed by atoms with Crippen molar-refractivity contribution in [1.82, 2.24) is 9.62 Å². The van der Waals surface area contributed by atoms with E-state index in [2.05, 4.69) is 37.2 Å². The van der Waals surface area contributed by atoms with Crippen molar-refractivity contribution < 1.29 is 13.2 Å². The van der Waals surface area contributed by atoms with Crippen LogP contribution in [0.5, 0.6) is 0 Å². The van der Waals surface area contributed by atoms with E-state index in [1.165, 1.54) is 15.6 Å². The second kappa shape index (κ2) is 6.50. The van der Waals surface area contributed by atoms with Gasteiger partial charge in [0.25, 0.3) is 0 Å². The molecule has 108 valence electrons. The lowest BCUT2D eigenvalue weighted by Crippen LogP contribution is -2.48. The van der Waals surface area contributed by atoms with Crippen LogP contribution in [-0.4, -0.2) is 52.1 Å². The van der Waals surface area contributed by atoms with Gasteiger partial charge < -0.3 is 10.1 Å². The van der Waals surface area contributed by atoms with Crippen LogP contribution >= 0.6 is 43.2 Å². The van der Waals surface area contributed by atoms with Gasteiger partial charge in [0.1, 0.15) is 4.90 Å². The molecule has 5 nitrogen and oxygen atoms in total. The summed E-state index contributed by atoms with van der Waals surface area (Å²) in [7, 11) is -1.64.